The first-order valence-corrected chi connectivity index (χ1v) is 5.95. The van der Waals surface area contributed by atoms with E-state index in [0.29, 0.717) is 12.1 Å². The Kier molecular flexibility index (Phi) is 3.66. The molecule has 20 heavy (non-hydrogen) atoms. The maximum atomic E-state index is 11.0. The highest BCUT2D eigenvalue weighted by molar-refractivity contribution is 6.32. The van der Waals surface area contributed by atoms with Crippen LogP contribution < -0.4 is 0 Å². The molecular formula is C11H9ClN4O4. The number of benzene rings is 1. The van der Waals surface area contributed by atoms with Gasteiger partial charge in [-0.1, -0.05) is 23.7 Å². The van der Waals surface area contributed by atoms with Crippen LogP contribution in [0.5, 0.6) is 0 Å². The maximum absolute atomic E-state index is 11.0. The molecule has 1 N–H and O–H groups in total. The molecule has 1 aromatic carbocycles. The van der Waals surface area contributed by atoms with Gasteiger partial charge in [-0.15, -0.1) is 5.10 Å². The fraction of sp³-hybridized carbons (Fsp3) is 0.182. The Balaban J connectivity index is 2.65. The molecule has 0 aliphatic carbocycles. The van der Waals surface area contributed by atoms with Crippen LogP contribution in [0.25, 0.3) is 5.69 Å². The van der Waals surface area contributed by atoms with Crippen LogP contribution in [0.1, 0.15) is 23.1 Å². The van der Waals surface area contributed by atoms with Crippen molar-refractivity contribution in [1.29, 1.82) is 0 Å². The lowest BCUT2D eigenvalue weighted by Gasteiger charge is -2.07. The third-order valence-electron chi connectivity index (χ3n) is 2.67. The monoisotopic (exact) mass is 296 g/mol. The summed E-state index contributed by atoms with van der Waals surface area (Å²) in [5, 5.41) is 27.3. The zero-order valence-electron chi connectivity index (χ0n) is 10.3. The van der Waals surface area contributed by atoms with Crippen LogP contribution in [0, 0.1) is 10.1 Å². The molecule has 0 radical (unpaired) electrons. The molecule has 0 aliphatic rings. The summed E-state index contributed by atoms with van der Waals surface area (Å²) >= 11 is 5.99. The van der Waals surface area contributed by atoms with E-state index in [4.69, 9.17) is 16.7 Å². The van der Waals surface area contributed by atoms with E-state index in [1.54, 1.807) is 6.92 Å². The smallest absolute Gasteiger partial charge is 0.358 e. The van der Waals surface area contributed by atoms with E-state index >= 15 is 0 Å². The molecule has 104 valence electrons. The van der Waals surface area contributed by atoms with E-state index in [2.05, 4.69) is 10.3 Å². The number of hydrogen-bond acceptors (Lipinski definition) is 5. The molecule has 0 unspecified atom stereocenters. The zero-order valence-corrected chi connectivity index (χ0v) is 11.0. The summed E-state index contributed by atoms with van der Waals surface area (Å²) < 4.78 is 1.21. The minimum absolute atomic E-state index is 0.168. The normalized spacial score (nSPS) is 10.5. The predicted octanol–water partition coefficient (Wildman–Crippen LogP) is 2.09. The molecule has 2 aromatic rings. The molecule has 9 heteroatoms. The average molecular weight is 297 g/mol. The molecule has 0 aliphatic heterocycles. The number of carboxylic acid groups (broad SMARTS) is 1. The van der Waals surface area contributed by atoms with Crippen LogP contribution in [0.15, 0.2) is 18.2 Å². The Morgan fingerprint density at radius 1 is 1.55 bits per heavy atom. The number of non-ortho nitro benzene ring substituents is 1. The van der Waals surface area contributed by atoms with Crippen molar-refractivity contribution < 1.29 is 14.8 Å². The number of carbonyl (C=O) groups is 1. The van der Waals surface area contributed by atoms with Crippen molar-refractivity contribution in [3.8, 4) is 5.69 Å². The van der Waals surface area contributed by atoms with Gasteiger partial charge in [0.1, 0.15) is 0 Å². The van der Waals surface area contributed by atoms with Crippen LogP contribution >= 0.6 is 11.6 Å². The van der Waals surface area contributed by atoms with Crippen LogP contribution in [0.4, 0.5) is 5.69 Å². The van der Waals surface area contributed by atoms with E-state index in [1.165, 1.54) is 22.9 Å². The fourth-order valence-electron chi connectivity index (χ4n) is 1.76. The van der Waals surface area contributed by atoms with Crippen molar-refractivity contribution in [2.45, 2.75) is 13.3 Å². The lowest BCUT2D eigenvalue weighted by atomic mass is 10.2. The van der Waals surface area contributed by atoms with E-state index in [-0.39, 0.29) is 22.1 Å². The molecule has 0 fully saturated rings. The van der Waals surface area contributed by atoms with Crippen molar-refractivity contribution in [2.24, 2.45) is 0 Å². The molecule has 0 saturated heterocycles. The number of halogens is 1. The number of hydrogen-bond donors (Lipinski definition) is 1. The average Bonchev–Trinajstić information content (AvgIpc) is 2.82. The molecule has 0 bridgehead atoms. The number of carboxylic acids is 1. The summed E-state index contributed by atoms with van der Waals surface area (Å²) in [6.45, 7) is 1.73. The number of nitro groups is 1. The molecule has 0 spiro atoms. The maximum Gasteiger partial charge on any atom is 0.358 e. The van der Waals surface area contributed by atoms with Gasteiger partial charge in [0.25, 0.3) is 5.69 Å². The summed E-state index contributed by atoms with van der Waals surface area (Å²) in [6, 6.07) is 3.84. The van der Waals surface area contributed by atoms with Gasteiger partial charge >= 0.3 is 5.97 Å². The minimum atomic E-state index is -1.21. The number of aromatic carboxylic acids is 1. The Morgan fingerprint density at radius 3 is 2.80 bits per heavy atom. The Hall–Kier alpha value is -2.48. The Bertz CT molecular complexity index is 698. The Labute approximate surface area is 117 Å². The van der Waals surface area contributed by atoms with Crippen LogP contribution in [0.2, 0.25) is 5.02 Å². The highest BCUT2D eigenvalue weighted by atomic mass is 35.5. The van der Waals surface area contributed by atoms with Crippen molar-refractivity contribution in [3.63, 3.8) is 0 Å². The summed E-state index contributed by atoms with van der Waals surface area (Å²) in [6.07, 6.45) is 0.341. The van der Waals surface area contributed by atoms with Gasteiger partial charge in [-0.3, -0.25) is 10.1 Å². The van der Waals surface area contributed by atoms with Gasteiger partial charge in [0.05, 0.1) is 21.3 Å². The van der Waals surface area contributed by atoms with E-state index in [0.717, 1.165) is 0 Å². The zero-order chi connectivity index (χ0) is 14.9. The first kappa shape index (κ1) is 13.9. The number of nitro benzene ring substituents is 1. The van der Waals surface area contributed by atoms with Gasteiger partial charge in [0.2, 0.25) is 0 Å². The van der Waals surface area contributed by atoms with Gasteiger partial charge in [0.15, 0.2) is 5.69 Å². The van der Waals surface area contributed by atoms with E-state index in [9.17, 15) is 14.9 Å². The lowest BCUT2D eigenvalue weighted by Crippen LogP contribution is -2.06. The molecule has 1 heterocycles. The third kappa shape index (κ3) is 2.32. The molecule has 0 atom stereocenters. The molecule has 0 amide bonds. The first-order chi connectivity index (χ1) is 9.45. The van der Waals surface area contributed by atoms with Crippen molar-refractivity contribution in [3.05, 3.63) is 44.7 Å². The molecular weight excluding hydrogens is 288 g/mol. The largest absolute Gasteiger partial charge is 0.476 e. The fourth-order valence-corrected chi connectivity index (χ4v) is 1.95. The molecule has 8 nitrogen and oxygen atoms in total. The number of aromatic nitrogens is 3. The molecule has 2 rings (SSSR count). The van der Waals surface area contributed by atoms with Crippen LogP contribution in [-0.4, -0.2) is 31.0 Å². The first-order valence-electron chi connectivity index (χ1n) is 5.57. The summed E-state index contributed by atoms with van der Waals surface area (Å²) in [7, 11) is 0. The quantitative estimate of drug-likeness (QED) is 0.683. The second-order valence-electron chi connectivity index (χ2n) is 3.85. The van der Waals surface area contributed by atoms with Gasteiger partial charge in [0, 0.05) is 12.1 Å². The van der Waals surface area contributed by atoms with Gasteiger partial charge in [-0.25, -0.2) is 9.48 Å². The van der Waals surface area contributed by atoms with Crippen molar-refractivity contribution in [1.82, 2.24) is 15.0 Å². The number of nitrogens with zero attached hydrogens (tertiary/aromatic N) is 4. The summed E-state index contributed by atoms with van der Waals surface area (Å²) in [4.78, 5) is 21.2. The highest BCUT2D eigenvalue weighted by Gasteiger charge is 2.21. The van der Waals surface area contributed by atoms with Crippen molar-refractivity contribution in [2.75, 3.05) is 0 Å². The number of rotatable bonds is 4. The van der Waals surface area contributed by atoms with Gasteiger partial charge in [-0.05, 0) is 12.5 Å². The van der Waals surface area contributed by atoms with Gasteiger partial charge in [-0.2, -0.15) is 0 Å². The van der Waals surface area contributed by atoms with Gasteiger partial charge < -0.3 is 5.11 Å². The van der Waals surface area contributed by atoms with Crippen LogP contribution in [-0.2, 0) is 6.42 Å². The summed E-state index contributed by atoms with van der Waals surface area (Å²) in [5.41, 5.74) is 0.173. The molecule has 0 saturated carbocycles. The van der Waals surface area contributed by atoms with E-state index in [1.807, 2.05) is 0 Å². The molecule has 1 aromatic heterocycles. The predicted molar refractivity (Wildman–Crippen MR) is 69.4 cm³/mol. The second kappa shape index (κ2) is 5.25. The standard InChI is InChI=1S/C11H9ClN4O4/c1-2-8-10(11(17)18)13-14-15(8)9-5-6(16(19)20)3-4-7(9)12/h3-5H,2H2,1H3,(H,17,18). The van der Waals surface area contributed by atoms with Crippen LogP contribution in [0.3, 0.4) is 0 Å². The highest BCUT2D eigenvalue weighted by Crippen LogP contribution is 2.26. The minimum Gasteiger partial charge on any atom is -0.476 e. The SMILES string of the molecule is CCc1c(C(=O)O)nnn1-c1cc([N+](=O)[O-])ccc1Cl. The second-order valence-corrected chi connectivity index (χ2v) is 4.26. The van der Waals surface area contributed by atoms with Crippen molar-refractivity contribution >= 4 is 23.3 Å². The topological polar surface area (TPSA) is 111 Å². The summed E-state index contributed by atoms with van der Waals surface area (Å²) in [5.74, 6) is -1.21. The lowest BCUT2D eigenvalue weighted by molar-refractivity contribution is -0.384. The Morgan fingerprint density at radius 2 is 2.25 bits per heavy atom. The van der Waals surface area contributed by atoms with E-state index < -0.39 is 10.9 Å². The third-order valence-corrected chi connectivity index (χ3v) is 2.99.